The van der Waals surface area contributed by atoms with Crippen molar-refractivity contribution in [1.29, 1.82) is 0 Å². The maximum absolute atomic E-state index is 13.0. The molecule has 0 aliphatic heterocycles. The molecule has 1 aromatic carbocycles. The normalized spacial score (nSPS) is 12.4. The molecule has 4 heteroatoms. The summed E-state index contributed by atoms with van der Waals surface area (Å²) in [5, 5.41) is 0. The van der Waals surface area contributed by atoms with E-state index in [0.717, 1.165) is 23.1 Å². The molecule has 0 amide bonds. The van der Waals surface area contributed by atoms with Gasteiger partial charge in [-0.2, -0.15) is 0 Å². The second kappa shape index (κ2) is 5.23. The second-order valence-electron chi connectivity index (χ2n) is 4.56. The molecular weight excluding hydrogens is 229 g/mol. The Labute approximate surface area is 106 Å². The van der Waals surface area contributed by atoms with Crippen LogP contribution in [0.2, 0.25) is 0 Å². The largest absolute Gasteiger partial charge is 0.328 e. The molecule has 0 spiro atoms. The summed E-state index contributed by atoms with van der Waals surface area (Å²) < 4.78 is 13.0. The summed E-state index contributed by atoms with van der Waals surface area (Å²) >= 11 is 0. The summed E-state index contributed by atoms with van der Waals surface area (Å²) in [5.74, 6) is 0.366. The van der Waals surface area contributed by atoms with Crippen LogP contribution >= 0.6 is 0 Å². The fraction of sp³-hybridized carbons (Fsp3) is 0.286. The third-order valence-electron chi connectivity index (χ3n) is 2.69. The molecule has 94 valence electrons. The van der Waals surface area contributed by atoms with Gasteiger partial charge in [-0.25, -0.2) is 14.4 Å². The van der Waals surface area contributed by atoms with E-state index in [1.54, 1.807) is 18.5 Å². The first-order valence-corrected chi connectivity index (χ1v) is 5.89. The Hall–Kier alpha value is -1.81. The lowest BCUT2D eigenvalue weighted by molar-refractivity contribution is 0.627. The molecule has 0 radical (unpaired) electrons. The average Bonchev–Trinajstić information content (AvgIpc) is 2.30. The van der Waals surface area contributed by atoms with Gasteiger partial charge < -0.3 is 5.73 Å². The predicted octanol–water partition coefficient (Wildman–Crippen LogP) is 2.48. The number of aryl methyl sites for hydroxylation is 1. The first-order chi connectivity index (χ1) is 8.56. The van der Waals surface area contributed by atoms with Crippen molar-refractivity contribution in [2.24, 2.45) is 5.73 Å². The van der Waals surface area contributed by atoms with E-state index in [2.05, 4.69) is 9.97 Å². The van der Waals surface area contributed by atoms with E-state index >= 15 is 0 Å². The molecule has 0 bridgehead atoms. The summed E-state index contributed by atoms with van der Waals surface area (Å²) in [6.07, 6.45) is 4.30. The molecule has 0 aliphatic rings. The zero-order valence-electron chi connectivity index (χ0n) is 10.5. The maximum atomic E-state index is 13.0. The average molecular weight is 245 g/mol. The van der Waals surface area contributed by atoms with Crippen molar-refractivity contribution in [3.05, 3.63) is 47.5 Å². The number of rotatable bonds is 3. The standard InChI is InChI=1S/C14H16FN3/c1-9-5-12(15)3-4-13(9)14-17-7-11(8-18-14)6-10(2)16/h3-5,7-8,10H,6,16H2,1-2H3. The fourth-order valence-electron chi connectivity index (χ4n) is 1.85. The Morgan fingerprint density at radius 2 is 1.94 bits per heavy atom. The number of benzene rings is 1. The summed E-state index contributed by atoms with van der Waals surface area (Å²) in [7, 11) is 0. The summed E-state index contributed by atoms with van der Waals surface area (Å²) in [6.45, 7) is 3.79. The fourth-order valence-corrected chi connectivity index (χ4v) is 1.85. The highest BCUT2D eigenvalue weighted by Crippen LogP contribution is 2.20. The first kappa shape index (κ1) is 12.6. The van der Waals surface area contributed by atoms with Crippen molar-refractivity contribution in [2.45, 2.75) is 26.3 Å². The van der Waals surface area contributed by atoms with Crippen molar-refractivity contribution in [3.8, 4) is 11.4 Å². The topological polar surface area (TPSA) is 51.8 Å². The highest BCUT2D eigenvalue weighted by Gasteiger charge is 2.06. The Balaban J connectivity index is 2.28. The Bertz CT molecular complexity index is 535. The quantitative estimate of drug-likeness (QED) is 0.903. The van der Waals surface area contributed by atoms with E-state index in [9.17, 15) is 4.39 Å². The third-order valence-corrected chi connectivity index (χ3v) is 2.69. The smallest absolute Gasteiger partial charge is 0.159 e. The Morgan fingerprint density at radius 3 is 2.50 bits per heavy atom. The zero-order chi connectivity index (χ0) is 13.1. The number of hydrogen-bond donors (Lipinski definition) is 1. The second-order valence-corrected chi connectivity index (χ2v) is 4.56. The number of nitrogens with zero attached hydrogens (tertiary/aromatic N) is 2. The van der Waals surface area contributed by atoms with Crippen LogP contribution in [0.3, 0.4) is 0 Å². The van der Waals surface area contributed by atoms with E-state index in [-0.39, 0.29) is 11.9 Å². The van der Waals surface area contributed by atoms with Crippen LogP contribution in [0.5, 0.6) is 0 Å². The minimum absolute atomic E-state index is 0.0898. The van der Waals surface area contributed by atoms with Gasteiger partial charge >= 0.3 is 0 Å². The van der Waals surface area contributed by atoms with Crippen molar-refractivity contribution in [3.63, 3.8) is 0 Å². The summed E-state index contributed by atoms with van der Waals surface area (Å²) in [4.78, 5) is 8.61. The lowest BCUT2D eigenvalue weighted by atomic mass is 10.1. The monoisotopic (exact) mass is 245 g/mol. The molecule has 18 heavy (non-hydrogen) atoms. The van der Waals surface area contributed by atoms with Crippen molar-refractivity contribution >= 4 is 0 Å². The molecule has 2 rings (SSSR count). The number of nitrogens with two attached hydrogens (primary N) is 1. The van der Waals surface area contributed by atoms with Crippen LogP contribution in [0, 0.1) is 12.7 Å². The molecule has 0 saturated heterocycles. The molecule has 2 N–H and O–H groups in total. The molecule has 1 unspecified atom stereocenters. The van der Waals surface area contributed by atoms with Gasteiger partial charge in [0.2, 0.25) is 0 Å². The molecule has 0 aliphatic carbocycles. The molecule has 1 aromatic heterocycles. The minimum Gasteiger partial charge on any atom is -0.328 e. The van der Waals surface area contributed by atoms with Gasteiger partial charge in [-0.3, -0.25) is 0 Å². The molecule has 1 heterocycles. The van der Waals surface area contributed by atoms with Crippen molar-refractivity contribution in [1.82, 2.24) is 9.97 Å². The maximum Gasteiger partial charge on any atom is 0.159 e. The first-order valence-electron chi connectivity index (χ1n) is 5.89. The van der Waals surface area contributed by atoms with Gasteiger partial charge in [-0.05, 0) is 49.6 Å². The zero-order valence-corrected chi connectivity index (χ0v) is 10.5. The van der Waals surface area contributed by atoms with Crippen LogP contribution in [0.25, 0.3) is 11.4 Å². The minimum atomic E-state index is -0.246. The summed E-state index contributed by atoms with van der Waals surface area (Å²) in [6, 6.07) is 4.69. The van der Waals surface area contributed by atoms with Crippen LogP contribution in [-0.2, 0) is 6.42 Å². The van der Waals surface area contributed by atoms with Crippen LogP contribution in [0.4, 0.5) is 4.39 Å². The highest BCUT2D eigenvalue weighted by molar-refractivity contribution is 5.59. The van der Waals surface area contributed by atoms with Crippen molar-refractivity contribution in [2.75, 3.05) is 0 Å². The van der Waals surface area contributed by atoms with Crippen molar-refractivity contribution < 1.29 is 4.39 Å². The van der Waals surface area contributed by atoms with Crippen LogP contribution < -0.4 is 5.73 Å². The molecule has 3 nitrogen and oxygen atoms in total. The Kier molecular flexibility index (Phi) is 3.67. The molecule has 2 aromatic rings. The predicted molar refractivity (Wildman–Crippen MR) is 69.5 cm³/mol. The third kappa shape index (κ3) is 2.90. The van der Waals surface area contributed by atoms with Gasteiger partial charge in [-0.1, -0.05) is 0 Å². The summed E-state index contributed by atoms with van der Waals surface area (Å²) in [5.41, 5.74) is 8.40. The van der Waals surface area contributed by atoms with E-state index in [0.29, 0.717) is 5.82 Å². The van der Waals surface area contributed by atoms with Gasteiger partial charge in [0.15, 0.2) is 5.82 Å². The molecule has 0 saturated carbocycles. The number of hydrogen-bond acceptors (Lipinski definition) is 3. The highest BCUT2D eigenvalue weighted by atomic mass is 19.1. The van der Waals surface area contributed by atoms with E-state index in [1.807, 2.05) is 13.8 Å². The van der Waals surface area contributed by atoms with Crippen LogP contribution in [0.15, 0.2) is 30.6 Å². The van der Waals surface area contributed by atoms with Gasteiger partial charge in [0.05, 0.1) is 0 Å². The Morgan fingerprint density at radius 1 is 1.28 bits per heavy atom. The lowest BCUT2D eigenvalue weighted by Crippen LogP contribution is -2.18. The van der Waals surface area contributed by atoms with Gasteiger partial charge in [0.25, 0.3) is 0 Å². The lowest BCUT2D eigenvalue weighted by Gasteiger charge is -2.07. The van der Waals surface area contributed by atoms with Crippen LogP contribution in [0.1, 0.15) is 18.1 Å². The molecular formula is C14H16FN3. The SMILES string of the molecule is Cc1cc(F)ccc1-c1ncc(CC(C)N)cn1. The molecule has 0 fully saturated rings. The van der Waals surface area contributed by atoms with E-state index in [1.165, 1.54) is 12.1 Å². The van der Waals surface area contributed by atoms with E-state index in [4.69, 9.17) is 5.73 Å². The van der Waals surface area contributed by atoms with Gasteiger partial charge in [0, 0.05) is 24.0 Å². The number of aromatic nitrogens is 2. The van der Waals surface area contributed by atoms with Gasteiger partial charge in [0.1, 0.15) is 5.82 Å². The van der Waals surface area contributed by atoms with Crippen LogP contribution in [-0.4, -0.2) is 16.0 Å². The van der Waals surface area contributed by atoms with E-state index < -0.39 is 0 Å². The number of halogens is 1. The molecule has 1 atom stereocenters. The van der Waals surface area contributed by atoms with Gasteiger partial charge in [-0.15, -0.1) is 0 Å².